The van der Waals surface area contributed by atoms with Crippen LogP contribution in [0.5, 0.6) is 0 Å². The van der Waals surface area contributed by atoms with Gasteiger partial charge in [0.2, 0.25) is 0 Å². The molecule has 0 saturated carbocycles. The summed E-state index contributed by atoms with van der Waals surface area (Å²) < 4.78 is 0. The molecule has 0 radical (unpaired) electrons. The first-order valence-corrected chi connectivity index (χ1v) is 5.51. The molecule has 1 heterocycles. The van der Waals surface area contributed by atoms with E-state index < -0.39 is 5.97 Å². The van der Waals surface area contributed by atoms with Crippen molar-refractivity contribution < 1.29 is 14.7 Å². The van der Waals surface area contributed by atoms with E-state index in [9.17, 15) is 9.59 Å². The molecule has 0 unspecified atom stereocenters. The predicted octanol–water partition coefficient (Wildman–Crippen LogP) is 1.44. The van der Waals surface area contributed by atoms with Crippen LogP contribution in [0.25, 0.3) is 10.8 Å². The van der Waals surface area contributed by atoms with Crippen LogP contribution in [0.3, 0.4) is 0 Å². The number of carboxylic acids is 1. The zero-order valence-corrected chi connectivity index (χ0v) is 9.59. The average Bonchev–Trinajstić information content (AvgIpc) is 2.37. The Morgan fingerprint density at radius 3 is 2.78 bits per heavy atom. The lowest BCUT2D eigenvalue weighted by Gasteiger charge is -2.06. The summed E-state index contributed by atoms with van der Waals surface area (Å²) in [6.45, 7) is 0.109. The second kappa shape index (κ2) is 5.27. The number of carbonyl (C=O) groups excluding carboxylic acids is 1. The number of nitrogens with zero attached hydrogens (tertiary/aromatic N) is 1. The van der Waals surface area contributed by atoms with Crippen LogP contribution < -0.4 is 5.32 Å². The van der Waals surface area contributed by atoms with Crippen molar-refractivity contribution in [3.05, 3.63) is 42.2 Å². The van der Waals surface area contributed by atoms with E-state index in [0.717, 1.165) is 10.8 Å². The molecule has 0 saturated heterocycles. The first kappa shape index (κ1) is 12.0. The van der Waals surface area contributed by atoms with Gasteiger partial charge in [-0.05, 0) is 5.39 Å². The van der Waals surface area contributed by atoms with E-state index in [4.69, 9.17) is 5.11 Å². The maximum atomic E-state index is 11.9. The maximum absolute atomic E-state index is 11.9. The molecule has 2 aromatic rings. The summed E-state index contributed by atoms with van der Waals surface area (Å²) in [5, 5.41) is 12.8. The Kier molecular flexibility index (Phi) is 3.52. The van der Waals surface area contributed by atoms with Gasteiger partial charge in [0, 0.05) is 24.3 Å². The van der Waals surface area contributed by atoms with Crippen LogP contribution in [-0.4, -0.2) is 28.5 Å². The molecule has 0 aliphatic heterocycles. The Hall–Kier alpha value is -2.43. The lowest BCUT2D eigenvalue weighted by molar-refractivity contribution is -0.136. The Balaban J connectivity index is 2.20. The fraction of sp³-hybridized carbons (Fsp3) is 0.154. The predicted molar refractivity (Wildman–Crippen MR) is 66.3 cm³/mol. The van der Waals surface area contributed by atoms with Crippen LogP contribution >= 0.6 is 0 Å². The SMILES string of the molecule is O=C(O)CCNC(=O)c1cncc2ccccc12. The van der Waals surface area contributed by atoms with Crippen LogP contribution in [0.2, 0.25) is 0 Å². The smallest absolute Gasteiger partial charge is 0.305 e. The largest absolute Gasteiger partial charge is 0.481 e. The molecular weight excluding hydrogens is 232 g/mol. The molecule has 92 valence electrons. The summed E-state index contributed by atoms with van der Waals surface area (Å²) in [6, 6.07) is 7.42. The van der Waals surface area contributed by atoms with Gasteiger partial charge in [-0.25, -0.2) is 0 Å². The lowest BCUT2D eigenvalue weighted by atomic mass is 10.1. The van der Waals surface area contributed by atoms with Crippen LogP contribution in [0, 0.1) is 0 Å². The summed E-state index contributed by atoms with van der Waals surface area (Å²) >= 11 is 0. The third-order valence-electron chi connectivity index (χ3n) is 2.54. The summed E-state index contributed by atoms with van der Waals surface area (Å²) in [6.07, 6.45) is 3.08. The van der Waals surface area contributed by atoms with E-state index in [1.807, 2.05) is 24.3 Å². The molecule has 5 nitrogen and oxygen atoms in total. The fourth-order valence-electron chi connectivity index (χ4n) is 1.68. The molecular formula is C13H12N2O3. The van der Waals surface area contributed by atoms with Crippen LogP contribution in [-0.2, 0) is 4.79 Å². The number of carbonyl (C=O) groups is 2. The number of aliphatic carboxylic acids is 1. The van der Waals surface area contributed by atoms with Gasteiger partial charge in [0.1, 0.15) is 0 Å². The molecule has 0 aliphatic carbocycles. The van der Waals surface area contributed by atoms with Gasteiger partial charge in [-0.15, -0.1) is 0 Å². The highest BCUT2D eigenvalue weighted by atomic mass is 16.4. The minimum atomic E-state index is -0.939. The fourth-order valence-corrected chi connectivity index (χ4v) is 1.68. The summed E-state index contributed by atoms with van der Waals surface area (Å²) in [5.41, 5.74) is 0.457. The van der Waals surface area contributed by atoms with Crippen molar-refractivity contribution >= 4 is 22.6 Å². The lowest BCUT2D eigenvalue weighted by Crippen LogP contribution is -2.26. The minimum absolute atomic E-state index is 0.0933. The minimum Gasteiger partial charge on any atom is -0.481 e. The quantitative estimate of drug-likeness (QED) is 0.852. The number of carboxylic acid groups (broad SMARTS) is 1. The van der Waals surface area contributed by atoms with Crippen molar-refractivity contribution in [2.45, 2.75) is 6.42 Å². The first-order chi connectivity index (χ1) is 8.68. The van der Waals surface area contributed by atoms with Crippen molar-refractivity contribution in [2.75, 3.05) is 6.54 Å². The Morgan fingerprint density at radius 1 is 1.22 bits per heavy atom. The third-order valence-corrected chi connectivity index (χ3v) is 2.54. The molecule has 0 bridgehead atoms. The second-order valence-electron chi connectivity index (χ2n) is 3.81. The molecule has 0 aliphatic rings. The monoisotopic (exact) mass is 244 g/mol. The maximum Gasteiger partial charge on any atom is 0.305 e. The van der Waals surface area contributed by atoms with E-state index in [0.29, 0.717) is 5.56 Å². The van der Waals surface area contributed by atoms with Gasteiger partial charge in [0.05, 0.1) is 12.0 Å². The standard InChI is InChI=1S/C13H12N2O3/c16-12(17)5-6-15-13(18)11-8-14-7-9-3-1-2-4-10(9)11/h1-4,7-8H,5-6H2,(H,15,18)(H,16,17). The molecule has 1 amide bonds. The highest BCUT2D eigenvalue weighted by Gasteiger charge is 2.10. The summed E-state index contributed by atoms with van der Waals surface area (Å²) in [7, 11) is 0. The van der Waals surface area contributed by atoms with Gasteiger partial charge >= 0.3 is 5.97 Å². The number of hydrogen-bond donors (Lipinski definition) is 2. The Morgan fingerprint density at radius 2 is 2.00 bits per heavy atom. The summed E-state index contributed by atoms with van der Waals surface area (Å²) in [4.78, 5) is 26.3. The average molecular weight is 244 g/mol. The van der Waals surface area contributed by atoms with E-state index in [1.54, 1.807) is 6.20 Å². The molecule has 0 fully saturated rings. The van der Waals surface area contributed by atoms with Crippen LogP contribution in [0.1, 0.15) is 16.8 Å². The molecule has 0 atom stereocenters. The van der Waals surface area contributed by atoms with Crippen LogP contribution in [0.4, 0.5) is 0 Å². The van der Waals surface area contributed by atoms with E-state index in [2.05, 4.69) is 10.3 Å². The summed E-state index contributed by atoms with van der Waals surface area (Å²) in [5.74, 6) is -1.24. The topological polar surface area (TPSA) is 79.3 Å². The van der Waals surface area contributed by atoms with Gasteiger partial charge in [0.15, 0.2) is 0 Å². The van der Waals surface area contributed by atoms with E-state index >= 15 is 0 Å². The number of fused-ring (bicyclic) bond motifs is 1. The van der Waals surface area contributed by atoms with Gasteiger partial charge < -0.3 is 10.4 Å². The number of rotatable bonds is 4. The van der Waals surface area contributed by atoms with Crippen molar-refractivity contribution in [1.82, 2.24) is 10.3 Å². The van der Waals surface area contributed by atoms with Gasteiger partial charge in [-0.1, -0.05) is 24.3 Å². The Bertz CT molecular complexity index is 590. The van der Waals surface area contributed by atoms with Crippen molar-refractivity contribution in [3.8, 4) is 0 Å². The highest BCUT2D eigenvalue weighted by Crippen LogP contribution is 2.16. The van der Waals surface area contributed by atoms with Crippen molar-refractivity contribution in [3.63, 3.8) is 0 Å². The zero-order valence-electron chi connectivity index (χ0n) is 9.59. The Labute approximate surface area is 103 Å². The van der Waals surface area contributed by atoms with E-state index in [-0.39, 0.29) is 18.9 Å². The molecule has 2 rings (SSSR count). The second-order valence-corrected chi connectivity index (χ2v) is 3.81. The molecule has 1 aromatic carbocycles. The van der Waals surface area contributed by atoms with Gasteiger partial charge in [-0.2, -0.15) is 0 Å². The third kappa shape index (κ3) is 2.63. The van der Waals surface area contributed by atoms with Crippen molar-refractivity contribution in [2.24, 2.45) is 0 Å². The number of aromatic nitrogens is 1. The highest BCUT2D eigenvalue weighted by molar-refractivity contribution is 6.06. The van der Waals surface area contributed by atoms with Crippen LogP contribution in [0.15, 0.2) is 36.7 Å². The normalized spacial score (nSPS) is 10.2. The number of benzene rings is 1. The first-order valence-electron chi connectivity index (χ1n) is 5.51. The van der Waals surface area contributed by atoms with Gasteiger partial charge in [0.25, 0.3) is 5.91 Å². The molecule has 5 heteroatoms. The zero-order chi connectivity index (χ0) is 13.0. The van der Waals surface area contributed by atoms with Gasteiger partial charge in [-0.3, -0.25) is 14.6 Å². The number of amides is 1. The number of pyridine rings is 1. The molecule has 2 N–H and O–H groups in total. The molecule has 0 spiro atoms. The van der Waals surface area contributed by atoms with E-state index in [1.165, 1.54) is 6.20 Å². The number of nitrogens with one attached hydrogen (secondary N) is 1. The van der Waals surface area contributed by atoms with Crippen molar-refractivity contribution in [1.29, 1.82) is 0 Å². The molecule has 1 aromatic heterocycles. The number of hydrogen-bond acceptors (Lipinski definition) is 3. The molecule has 18 heavy (non-hydrogen) atoms.